The topological polar surface area (TPSA) is 37.3 Å². The van der Waals surface area contributed by atoms with E-state index in [0.717, 1.165) is 0 Å². The number of ketones is 1. The van der Waals surface area contributed by atoms with Crippen LogP contribution in [-0.2, 0) is 0 Å². The van der Waals surface area contributed by atoms with Crippen molar-refractivity contribution in [1.29, 1.82) is 0 Å². The van der Waals surface area contributed by atoms with E-state index in [1.807, 2.05) is 0 Å². The molecular weight excluding hydrogens is 294 g/mol. The Bertz CT molecular complexity index is 583. The number of carbonyl (C=O) groups is 1. The first-order valence-corrected chi connectivity index (χ1v) is 6.12. The zero-order valence-corrected chi connectivity index (χ0v) is 11.2. The maximum Gasteiger partial charge on any atom is 0.198 e. The molecule has 2 nitrogen and oxygen atoms in total. The minimum Gasteiger partial charge on any atom is -0.506 e. The van der Waals surface area contributed by atoms with Crippen molar-refractivity contribution < 1.29 is 9.90 Å². The zero-order valence-electron chi connectivity index (χ0n) is 8.95. The highest BCUT2D eigenvalue weighted by atomic mass is 35.5. The van der Waals surface area contributed by atoms with Crippen molar-refractivity contribution in [2.45, 2.75) is 0 Å². The molecule has 0 aromatic heterocycles. The second-order valence-corrected chi connectivity index (χ2v) is 4.77. The summed E-state index contributed by atoms with van der Waals surface area (Å²) in [5.41, 5.74) is 0.313. The maximum atomic E-state index is 12.2. The van der Waals surface area contributed by atoms with E-state index in [-0.39, 0.29) is 26.4 Å². The maximum absolute atomic E-state index is 12.2. The van der Waals surface area contributed by atoms with E-state index >= 15 is 0 Å². The van der Waals surface area contributed by atoms with Crippen LogP contribution in [0.2, 0.25) is 15.1 Å². The van der Waals surface area contributed by atoms with E-state index in [1.54, 1.807) is 30.3 Å². The van der Waals surface area contributed by atoms with Gasteiger partial charge in [0, 0.05) is 5.56 Å². The summed E-state index contributed by atoms with van der Waals surface area (Å²) in [5.74, 6) is -0.789. The number of phenols is 1. The van der Waals surface area contributed by atoms with Gasteiger partial charge >= 0.3 is 0 Å². The summed E-state index contributed by atoms with van der Waals surface area (Å²) in [5, 5.41) is 9.95. The number of carbonyl (C=O) groups excluding carboxylic acids is 1. The molecule has 0 saturated heterocycles. The van der Waals surface area contributed by atoms with Crippen LogP contribution in [0.3, 0.4) is 0 Å². The Kier molecular flexibility index (Phi) is 3.81. The molecule has 1 N–H and O–H groups in total. The molecule has 0 aliphatic heterocycles. The molecule has 0 unspecified atom stereocenters. The molecule has 2 aromatic rings. The van der Waals surface area contributed by atoms with Gasteiger partial charge in [-0.3, -0.25) is 4.79 Å². The van der Waals surface area contributed by atoms with E-state index in [2.05, 4.69) is 0 Å². The first-order chi connectivity index (χ1) is 8.52. The Morgan fingerprint density at radius 2 is 1.61 bits per heavy atom. The lowest BCUT2D eigenvalue weighted by Gasteiger charge is -2.09. The van der Waals surface area contributed by atoms with Crippen LogP contribution in [0.5, 0.6) is 5.75 Å². The van der Waals surface area contributed by atoms with Gasteiger partial charge < -0.3 is 5.11 Å². The Morgan fingerprint density at radius 3 is 2.22 bits per heavy atom. The second-order valence-electron chi connectivity index (χ2n) is 3.57. The molecule has 0 radical (unpaired) electrons. The summed E-state index contributed by atoms with van der Waals surface area (Å²) in [6, 6.07) is 9.74. The average molecular weight is 302 g/mol. The minimum absolute atomic E-state index is 0.00702. The largest absolute Gasteiger partial charge is 0.506 e. The highest BCUT2D eigenvalue weighted by Crippen LogP contribution is 2.39. The average Bonchev–Trinajstić information content (AvgIpc) is 2.37. The van der Waals surface area contributed by atoms with Gasteiger partial charge in [-0.25, -0.2) is 0 Å². The van der Waals surface area contributed by atoms with Gasteiger partial charge in [0.15, 0.2) is 5.78 Å². The highest BCUT2D eigenvalue weighted by Gasteiger charge is 2.22. The van der Waals surface area contributed by atoms with Crippen LogP contribution in [0, 0.1) is 0 Å². The zero-order chi connectivity index (χ0) is 13.3. The van der Waals surface area contributed by atoms with Crippen LogP contribution in [0.4, 0.5) is 0 Å². The number of rotatable bonds is 2. The third-order valence-electron chi connectivity index (χ3n) is 2.41. The van der Waals surface area contributed by atoms with Crippen molar-refractivity contribution in [3.05, 3.63) is 62.6 Å². The first kappa shape index (κ1) is 13.2. The molecular formula is C13H7Cl3O2. The Hall–Kier alpha value is -1.22. The molecule has 0 spiro atoms. The van der Waals surface area contributed by atoms with Crippen molar-refractivity contribution in [3.63, 3.8) is 0 Å². The second kappa shape index (κ2) is 5.19. The third-order valence-corrected chi connectivity index (χ3v) is 3.48. The van der Waals surface area contributed by atoms with Crippen LogP contribution in [-0.4, -0.2) is 10.9 Å². The van der Waals surface area contributed by atoms with E-state index in [1.165, 1.54) is 6.07 Å². The lowest BCUT2D eigenvalue weighted by atomic mass is 10.0. The standard InChI is InChI=1S/C13H7Cl3O2/c14-8-6-9(15)13(18)10(11(8)16)12(17)7-4-2-1-3-5-7/h1-6,18H. The highest BCUT2D eigenvalue weighted by molar-refractivity contribution is 6.46. The van der Waals surface area contributed by atoms with Crippen LogP contribution in [0.1, 0.15) is 15.9 Å². The fourth-order valence-corrected chi connectivity index (χ4v) is 2.22. The summed E-state index contributed by atoms with van der Waals surface area (Å²) in [7, 11) is 0. The normalized spacial score (nSPS) is 10.4. The molecule has 2 rings (SSSR count). The number of halogens is 3. The summed E-state index contributed by atoms with van der Waals surface area (Å²) in [4.78, 5) is 12.2. The predicted molar refractivity (Wildman–Crippen MR) is 73.0 cm³/mol. The van der Waals surface area contributed by atoms with Crippen molar-refractivity contribution in [2.75, 3.05) is 0 Å². The molecule has 0 amide bonds. The predicted octanol–water partition coefficient (Wildman–Crippen LogP) is 4.58. The van der Waals surface area contributed by atoms with Gasteiger partial charge in [0.2, 0.25) is 0 Å². The Morgan fingerprint density at radius 1 is 1.00 bits per heavy atom. The van der Waals surface area contributed by atoms with Gasteiger partial charge in [-0.2, -0.15) is 0 Å². The third kappa shape index (κ3) is 2.32. The van der Waals surface area contributed by atoms with Crippen LogP contribution in [0.15, 0.2) is 36.4 Å². The summed E-state index contributed by atoms with van der Waals surface area (Å²) >= 11 is 17.6. The van der Waals surface area contributed by atoms with Crippen molar-refractivity contribution in [2.24, 2.45) is 0 Å². The quantitative estimate of drug-likeness (QED) is 0.651. The monoisotopic (exact) mass is 300 g/mol. The molecule has 0 saturated carbocycles. The summed E-state index contributed by atoms with van der Waals surface area (Å²) in [6.07, 6.45) is 0. The Balaban J connectivity index is 2.62. The number of phenolic OH excluding ortho intramolecular Hbond substituents is 1. The Labute approximate surface area is 119 Å². The van der Waals surface area contributed by atoms with Gasteiger partial charge in [0.25, 0.3) is 0 Å². The SMILES string of the molecule is O=C(c1ccccc1)c1c(O)c(Cl)cc(Cl)c1Cl. The number of hydrogen-bond acceptors (Lipinski definition) is 2. The molecule has 0 fully saturated rings. The van der Waals surface area contributed by atoms with E-state index < -0.39 is 5.78 Å². The fraction of sp³-hybridized carbons (Fsp3) is 0. The number of hydrogen-bond donors (Lipinski definition) is 1. The lowest BCUT2D eigenvalue weighted by molar-refractivity contribution is 0.103. The minimum atomic E-state index is -0.428. The molecule has 0 atom stereocenters. The fourth-order valence-electron chi connectivity index (χ4n) is 1.53. The molecule has 0 bridgehead atoms. The molecule has 2 aromatic carbocycles. The van der Waals surface area contributed by atoms with Crippen LogP contribution < -0.4 is 0 Å². The van der Waals surface area contributed by atoms with E-state index in [9.17, 15) is 9.90 Å². The van der Waals surface area contributed by atoms with Gasteiger partial charge in [-0.15, -0.1) is 0 Å². The van der Waals surface area contributed by atoms with Gasteiger partial charge in [-0.05, 0) is 6.07 Å². The number of benzene rings is 2. The van der Waals surface area contributed by atoms with Crippen LogP contribution in [0.25, 0.3) is 0 Å². The molecule has 0 aliphatic rings. The van der Waals surface area contributed by atoms with Crippen molar-refractivity contribution >= 4 is 40.6 Å². The molecule has 18 heavy (non-hydrogen) atoms. The van der Waals surface area contributed by atoms with Gasteiger partial charge in [0.05, 0.1) is 20.6 Å². The van der Waals surface area contributed by atoms with Gasteiger partial charge in [-0.1, -0.05) is 65.1 Å². The van der Waals surface area contributed by atoms with Gasteiger partial charge in [0.1, 0.15) is 5.75 Å². The van der Waals surface area contributed by atoms with Crippen molar-refractivity contribution in [1.82, 2.24) is 0 Å². The summed E-state index contributed by atoms with van der Waals surface area (Å²) < 4.78 is 0. The molecule has 0 aliphatic carbocycles. The first-order valence-electron chi connectivity index (χ1n) is 4.98. The lowest BCUT2D eigenvalue weighted by Crippen LogP contribution is -2.03. The molecule has 92 valence electrons. The molecule has 5 heteroatoms. The van der Waals surface area contributed by atoms with Crippen molar-refractivity contribution in [3.8, 4) is 5.75 Å². The van der Waals surface area contributed by atoms with E-state index in [0.29, 0.717) is 5.56 Å². The molecule has 0 heterocycles. The number of aromatic hydroxyl groups is 1. The summed E-state index contributed by atoms with van der Waals surface area (Å²) in [6.45, 7) is 0. The van der Waals surface area contributed by atoms with Crippen LogP contribution >= 0.6 is 34.8 Å². The van der Waals surface area contributed by atoms with E-state index in [4.69, 9.17) is 34.8 Å². The smallest absolute Gasteiger partial charge is 0.198 e.